The molecule has 1 aromatic rings. The molecule has 11 N–H and O–H groups in total. The number of phosphoric acid groups is 2. The number of nitrogens with zero attached hydrogens (tertiary/aromatic N) is 2. The van der Waals surface area contributed by atoms with Gasteiger partial charge >= 0.3 is 13.5 Å². The van der Waals surface area contributed by atoms with Crippen LogP contribution >= 0.6 is 27.4 Å². The summed E-state index contributed by atoms with van der Waals surface area (Å²) in [5.41, 5.74) is 4.12. The van der Waals surface area contributed by atoms with Gasteiger partial charge < -0.3 is 32.6 Å². The number of anilines is 1. The van der Waals surface area contributed by atoms with E-state index in [1.165, 1.54) is 28.6 Å². The van der Waals surface area contributed by atoms with Crippen LogP contribution in [-0.4, -0.2) is 39.4 Å². The first-order chi connectivity index (χ1) is 11.1. The zero-order chi connectivity index (χ0) is 18.0. The molecule has 0 spiro atoms. The van der Waals surface area contributed by atoms with E-state index >= 15 is 0 Å². The first-order valence-corrected chi connectivity index (χ1v) is 10.3. The summed E-state index contributed by atoms with van der Waals surface area (Å²) in [5.74, 6) is 0.434. The fourth-order valence-corrected chi connectivity index (χ4v) is 4.69. The van der Waals surface area contributed by atoms with Crippen molar-refractivity contribution in [3.63, 3.8) is 0 Å². The molecule has 1 saturated heterocycles. The summed E-state index contributed by atoms with van der Waals surface area (Å²) >= 11 is 1.22. The summed E-state index contributed by atoms with van der Waals surface area (Å²) in [6.45, 7) is -0.372. The van der Waals surface area contributed by atoms with Gasteiger partial charge in [0.1, 0.15) is 17.5 Å². The van der Waals surface area contributed by atoms with E-state index in [9.17, 15) is 18.8 Å². The monoisotopic (exact) mass is 438 g/mol. The molecule has 26 heavy (non-hydrogen) atoms. The van der Waals surface area contributed by atoms with Crippen LogP contribution in [0.1, 0.15) is 6.23 Å². The highest BCUT2D eigenvalue weighted by molar-refractivity contribution is 8.00. The fourth-order valence-electron chi connectivity index (χ4n) is 1.71. The number of hydrogen-bond acceptors (Lipinski definition) is 11. The van der Waals surface area contributed by atoms with Crippen molar-refractivity contribution in [3.8, 4) is 0 Å². The molecule has 17 heteroatoms. The van der Waals surface area contributed by atoms with Crippen LogP contribution in [0.2, 0.25) is 0 Å². The summed E-state index contributed by atoms with van der Waals surface area (Å²) in [7, 11) is -8.92. The van der Waals surface area contributed by atoms with Gasteiger partial charge in [-0.15, -0.1) is 11.8 Å². The van der Waals surface area contributed by atoms with Gasteiger partial charge in [0, 0.05) is 19.1 Å². The first-order valence-electron chi connectivity index (χ1n) is 6.29. The molecule has 1 fully saturated rings. The van der Waals surface area contributed by atoms with Gasteiger partial charge in [0.25, 0.3) is 7.82 Å². The van der Waals surface area contributed by atoms with E-state index in [4.69, 9.17) is 19.9 Å². The average Bonchev–Trinajstić information content (AvgIpc) is 2.92. The molecular formula is C9H22N5O9P2S+. The lowest BCUT2D eigenvalue weighted by Gasteiger charge is -2.22. The van der Waals surface area contributed by atoms with Crippen molar-refractivity contribution < 1.29 is 37.0 Å². The third kappa shape index (κ3) is 7.06. The quantitative estimate of drug-likeness (QED) is 0.422. The lowest BCUT2D eigenvalue weighted by Crippen LogP contribution is -2.28. The van der Waals surface area contributed by atoms with Crippen molar-refractivity contribution in [3.05, 3.63) is 22.7 Å². The number of aromatic nitrogens is 2. The van der Waals surface area contributed by atoms with Gasteiger partial charge in [-0.05, 0) is 6.07 Å². The molecule has 152 valence electrons. The first kappa shape index (κ1) is 25.2. The molecule has 0 aromatic carbocycles. The van der Waals surface area contributed by atoms with Crippen LogP contribution in [0.5, 0.6) is 0 Å². The van der Waals surface area contributed by atoms with Crippen LogP contribution in [-0.2, 0) is 27.2 Å². The Morgan fingerprint density at radius 3 is 2.73 bits per heavy atom. The molecule has 14 nitrogen and oxygen atoms in total. The van der Waals surface area contributed by atoms with Crippen molar-refractivity contribution in [1.82, 2.24) is 21.9 Å². The molecule has 2 rings (SSSR count). The largest absolute Gasteiger partial charge is 0.756 e. The molecule has 0 bridgehead atoms. The van der Waals surface area contributed by atoms with E-state index in [0.29, 0.717) is 5.75 Å². The molecule has 1 aromatic heterocycles. The Morgan fingerprint density at radius 2 is 2.19 bits per heavy atom. The minimum Gasteiger partial charge on any atom is -0.756 e. The average molecular weight is 438 g/mol. The highest BCUT2D eigenvalue weighted by Gasteiger charge is 2.34. The normalized spacial score (nSPS) is 24.0. The van der Waals surface area contributed by atoms with Crippen LogP contribution in [0, 0.1) is 0 Å². The van der Waals surface area contributed by atoms with Gasteiger partial charge in [-0.2, -0.15) is 4.98 Å². The van der Waals surface area contributed by atoms with Gasteiger partial charge in [0.05, 0.1) is 6.61 Å². The number of nitrogens with two attached hydrogens (primary N) is 1. The molecule has 0 amide bonds. The van der Waals surface area contributed by atoms with E-state index in [0.717, 1.165) is 7.11 Å². The SMILES string of the molecule is COP(=O)(OC[C@@H]1O[C@H](n2ccc(N)nc2=O)CS1)OP(=O)([O-])O.[NH4+].[NH4+]. The maximum Gasteiger partial charge on any atom is 0.481 e. The second-order valence-corrected chi connectivity index (χ2v) is 8.67. The predicted octanol–water partition coefficient (Wildman–Crippen LogP) is 0.414. The maximum atomic E-state index is 11.9. The van der Waals surface area contributed by atoms with E-state index < -0.39 is 33.0 Å². The topological polar surface area (TPSA) is 248 Å². The lowest BCUT2D eigenvalue weighted by molar-refractivity contribution is -0.212. The van der Waals surface area contributed by atoms with Gasteiger partial charge in [-0.3, -0.25) is 18.2 Å². The smallest absolute Gasteiger partial charge is 0.481 e. The standard InChI is InChI=1S/C9H15N3O9P2S.2H3N/c1-18-23(17,21-22(14,15)16)19-4-8-20-7(5-24-8)12-3-2-6(10)11-9(12)13;;/h2-3,7-8H,4-5H2,1H3,(H2,10,11,13)(H2,14,15,16);2*1H3/p+1/t7-,8+,23?;;/m0../s1. The van der Waals surface area contributed by atoms with E-state index in [1.54, 1.807) is 0 Å². The Kier molecular flexibility index (Phi) is 9.60. The van der Waals surface area contributed by atoms with Crippen LogP contribution in [0.25, 0.3) is 0 Å². The number of hydrogen-bond donors (Lipinski definition) is 4. The second kappa shape index (κ2) is 9.92. The summed E-state index contributed by atoms with van der Waals surface area (Å²) in [6.07, 6.45) is 0.761. The summed E-state index contributed by atoms with van der Waals surface area (Å²) < 4.78 is 42.3. The van der Waals surface area contributed by atoms with Crippen LogP contribution in [0.15, 0.2) is 17.1 Å². The summed E-state index contributed by atoms with van der Waals surface area (Å²) in [4.78, 5) is 34.5. The highest BCUT2D eigenvalue weighted by Crippen LogP contribution is 2.59. The van der Waals surface area contributed by atoms with Crippen molar-refractivity contribution in [1.29, 1.82) is 0 Å². The van der Waals surface area contributed by atoms with Crippen molar-refractivity contribution >= 4 is 33.2 Å². The molecule has 1 aliphatic rings. The highest BCUT2D eigenvalue weighted by atomic mass is 32.2. The number of rotatable bonds is 7. The number of phosphoric ester groups is 1. The van der Waals surface area contributed by atoms with E-state index in [-0.39, 0.29) is 24.7 Å². The lowest BCUT2D eigenvalue weighted by atomic mass is 10.5. The molecule has 2 heterocycles. The van der Waals surface area contributed by atoms with Crippen molar-refractivity contribution in [2.45, 2.75) is 11.7 Å². The zero-order valence-electron chi connectivity index (χ0n) is 14.2. The number of quaternary nitrogens is 2. The van der Waals surface area contributed by atoms with Crippen LogP contribution in [0.3, 0.4) is 0 Å². The minimum atomic E-state index is -5.31. The van der Waals surface area contributed by atoms with E-state index in [1.807, 2.05) is 0 Å². The molecular weight excluding hydrogens is 416 g/mol. The summed E-state index contributed by atoms with van der Waals surface area (Å²) in [6, 6.07) is 1.43. The van der Waals surface area contributed by atoms with Crippen LogP contribution in [0.4, 0.5) is 5.82 Å². The Morgan fingerprint density at radius 1 is 1.54 bits per heavy atom. The molecule has 2 unspecified atom stereocenters. The third-order valence-electron chi connectivity index (χ3n) is 2.69. The number of thioether (sulfide) groups is 1. The zero-order valence-corrected chi connectivity index (χ0v) is 16.8. The second-order valence-electron chi connectivity index (χ2n) is 4.37. The Hall–Kier alpha value is -0.830. The Balaban J connectivity index is 0.00000312. The maximum absolute atomic E-state index is 11.9. The van der Waals surface area contributed by atoms with Gasteiger partial charge in [0.15, 0.2) is 0 Å². The third-order valence-corrected chi connectivity index (χ3v) is 6.33. The minimum absolute atomic E-state index is 0. The van der Waals surface area contributed by atoms with Gasteiger partial charge in [-0.25, -0.2) is 13.7 Å². The fraction of sp³-hybridized carbons (Fsp3) is 0.556. The van der Waals surface area contributed by atoms with Gasteiger partial charge in [0.2, 0.25) is 0 Å². The molecule has 0 saturated carbocycles. The van der Waals surface area contributed by atoms with E-state index in [2.05, 4.69) is 13.8 Å². The molecule has 0 radical (unpaired) electrons. The Labute approximate surface area is 152 Å². The van der Waals surface area contributed by atoms with Crippen LogP contribution < -0.4 is 28.6 Å². The molecule has 1 aliphatic heterocycles. The summed E-state index contributed by atoms with van der Waals surface area (Å²) in [5, 5.41) is 0. The molecule has 4 atom stereocenters. The van der Waals surface area contributed by atoms with Gasteiger partial charge in [-0.1, -0.05) is 0 Å². The van der Waals surface area contributed by atoms with Crippen molar-refractivity contribution in [2.24, 2.45) is 0 Å². The Bertz CT molecular complexity index is 743. The number of nitrogen functional groups attached to an aromatic ring is 1. The van der Waals surface area contributed by atoms with Crippen molar-refractivity contribution in [2.75, 3.05) is 25.2 Å². The number of ether oxygens (including phenoxy) is 1. The predicted molar refractivity (Wildman–Crippen MR) is 92.7 cm³/mol. The molecule has 0 aliphatic carbocycles.